The highest BCUT2D eigenvalue weighted by Gasteiger charge is 2.35. The maximum absolute atomic E-state index is 10.6. The Morgan fingerprint density at radius 1 is 1.44 bits per heavy atom. The molecule has 0 aromatic carbocycles. The zero-order chi connectivity index (χ0) is 11.5. The molecule has 0 bridgehead atoms. The number of likely N-dealkylation sites (tertiary alicyclic amines) is 1. The van der Waals surface area contributed by atoms with Crippen LogP contribution in [0.3, 0.4) is 0 Å². The van der Waals surface area contributed by atoms with Gasteiger partial charge in [0.25, 0.3) is 0 Å². The van der Waals surface area contributed by atoms with Crippen molar-refractivity contribution in [3.05, 3.63) is 0 Å². The Kier molecular flexibility index (Phi) is 3.82. The molecule has 1 N–H and O–H groups in total. The van der Waals surface area contributed by atoms with E-state index in [0.29, 0.717) is 12.6 Å². The van der Waals surface area contributed by atoms with Gasteiger partial charge in [-0.2, -0.15) is 0 Å². The van der Waals surface area contributed by atoms with Gasteiger partial charge in [-0.25, -0.2) is 0 Å². The minimum Gasteiger partial charge on any atom is -0.481 e. The molecule has 1 saturated heterocycles. The first-order valence-electron chi connectivity index (χ1n) is 6.40. The molecule has 1 heterocycles. The summed E-state index contributed by atoms with van der Waals surface area (Å²) in [5.74, 6) is -0.685. The van der Waals surface area contributed by atoms with Crippen LogP contribution in [0.5, 0.6) is 0 Å². The van der Waals surface area contributed by atoms with Crippen LogP contribution >= 0.6 is 0 Å². The molecular formula is C12H22N2O2. The molecule has 1 aliphatic carbocycles. The van der Waals surface area contributed by atoms with E-state index >= 15 is 0 Å². The lowest BCUT2D eigenvalue weighted by Crippen LogP contribution is -2.39. The van der Waals surface area contributed by atoms with Crippen LogP contribution in [0.4, 0.5) is 0 Å². The molecule has 0 spiro atoms. The number of rotatable bonds is 6. The van der Waals surface area contributed by atoms with Crippen molar-refractivity contribution in [3.8, 4) is 0 Å². The molecular weight excluding hydrogens is 204 g/mol. The topological polar surface area (TPSA) is 43.8 Å². The highest BCUT2D eigenvalue weighted by molar-refractivity contribution is 5.66. The van der Waals surface area contributed by atoms with E-state index in [4.69, 9.17) is 5.11 Å². The molecule has 2 fully saturated rings. The van der Waals surface area contributed by atoms with E-state index in [1.807, 2.05) is 0 Å². The predicted octanol–water partition coefficient (Wildman–Crippen LogP) is 1.02. The first-order chi connectivity index (χ1) is 7.70. The van der Waals surface area contributed by atoms with E-state index in [1.165, 1.54) is 25.8 Å². The first-order valence-corrected chi connectivity index (χ1v) is 6.40. The fraction of sp³-hybridized carbons (Fsp3) is 0.917. The first kappa shape index (κ1) is 11.9. The van der Waals surface area contributed by atoms with Gasteiger partial charge in [-0.05, 0) is 25.8 Å². The third kappa shape index (κ3) is 2.95. The van der Waals surface area contributed by atoms with Gasteiger partial charge in [0.2, 0.25) is 0 Å². The standard InChI is InChI=1S/C12H22N2O2/c1-2-13(8-6-12(15)16)11-5-7-14(9-11)10-3-4-10/h10-11H,2-9H2,1H3,(H,15,16). The quantitative estimate of drug-likeness (QED) is 0.734. The van der Waals surface area contributed by atoms with Crippen LogP contribution in [0.25, 0.3) is 0 Å². The number of nitrogens with zero attached hydrogens (tertiary/aromatic N) is 2. The molecule has 0 radical (unpaired) electrons. The van der Waals surface area contributed by atoms with Crippen LogP contribution in [0.1, 0.15) is 32.6 Å². The second-order valence-corrected chi connectivity index (χ2v) is 4.94. The summed E-state index contributed by atoms with van der Waals surface area (Å²) in [5, 5.41) is 8.71. The van der Waals surface area contributed by atoms with Crippen molar-refractivity contribution in [2.75, 3.05) is 26.2 Å². The van der Waals surface area contributed by atoms with Crippen LogP contribution in [-0.2, 0) is 4.79 Å². The summed E-state index contributed by atoms with van der Waals surface area (Å²) >= 11 is 0. The molecule has 1 unspecified atom stereocenters. The summed E-state index contributed by atoms with van der Waals surface area (Å²) in [5.41, 5.74) is 0. The Bertz CT molecular complexity index is 253. The van der Waals surface area contributed by atoms with Crippen LogP contribution in [0, 0.1) is 0 Å². The molecule has 2 aliphatic rings. The van der Waals surface area contributed by atoms with Crippen LogP contribution in [0.15, 0.2) is 0 Å². The van der Waals surface area contributed by atoms with Gasteiger partial charge in [0.1, 0.15) is 0 Å². The van der Waals surface area contributed by atoms with E-state index in [9.17, 15) is 4.79 Å². The van der Waals surface area contributed by atoms with Gasteiger partial charge in [-0.3, -0.25) is 14.6 Å². The van der Waals surface area contributed by atoms with Crippen molar-refractivity contribution in [1.82, 2.24) is 9.80 Å². The summed E-state index contributed by atoms with van der Waals surface area (Å²) < 4.78 is 0. The molecule has 2 rings (SSSR count). The fourth-order valence-electron chi connectivity index (χ4n) is 2.68. The zero-order valence-electron chi connectivity index (χ0n) is 10.1. The minimum absolute atomic E-state index is 0.272. The van der Waals surface area contributed by atoms with Crippen molar-refractivity contribution in [2.45, 2.75) is 44.7 Å². The third-order valence-electron chi connectivity index (χ3n) is 3.79. The second kappa shape index (κ2) is 5.15. The summed E-state index contributed by atoms with van der Waals surface area (Å²) in [7, 11) is 0. The molecule has 1 atom stereocenters. The zero-order valence-corrected chi connectivity index (χ0v) is 10.1. The number of hydrogen-bond donors (Lipinski definition) is 1. The number of carboxylic acid groups (broad SMARTS) is 1. The maximum atomic E-state index is 10.6. The van der Waals surface area contributed by atoms with Crippen molar-refractivity contribution in [1.29, 1.82) is 0 Å². The Hall–Kier alpha value is -0.610. The molecule has 0 aromatic rings. The van der Waals surface area contributed by atoms with Gasteiger partial charge >= 0.3 is 5.97 Å². The molecule has 1 saturated carbocycles. The van der Waals surface area contributed by atoms with Crippen LogP contribution < -0.4 is 0 Å². The predicted molar refractivity (Wildman–Crippen MR) is 62.5 cm³/mol. The lowest BCUT2D eigenvalue weighted by atomic mass is 10.2. The average molecular weight is 226 g/mol. The van der Waals surface area contributed by atoms with Gasteiger partial charge in [-0.15, -0.1) is 0 Å². The van der Waals surface area contributed by atoms with Gasteiger partial charge in [0.15, 0.2) is 0 Å². The highest BCUT2D eigenvalue weighted by Crippen LogP contribution is 2.31. The largest absolute Gasteiger partial charge is 0.481 e. The number of hydrogen-bond acceptors (Lipinski definition) is 3. The number of likely N-dealkylation sites (N-methyl/N-ethyl adjacent to an activating group) is 1. The van der Waals surface area contributed by atoms with Crippen molar-refractivity contribution in [3.63, 3.8) is 0 Å². The summed E-state index contributed by atoms with van der Waals surface area (Å²) in [6, 6.07) is 1.44. The monoisotopic (exact) mass is 226 g/mol. The Morgan fingerprint density at radius 2 is 2.19 bits per heavy atom. The van der Waals surface area contributed by atoms with E-state index in [0.717, 1.165) is 19.1 Å². The molecule has 0 amide bonds. The highest BCUT2D eigenvalue weighted by atomic mass is 16.4. The molecule has 4 nitrogen and oxygen atoms in total. The van der Waals surface area contributed by atoms with E-state index < -0.39 is 5.97 Å². The second-order valence-electron chi connectivity index (χ2n) is 4.94. The smallest absolute Gasteiger partial charge is 0.304 e. The van der Waals surface area contributed by atoms with Gasteiger partial charge in [0, 0.05) is 31.7 Å². The molecule has 92 valence electrons. The minimum atomic E-state index is -0.685. The lowest BCUT2D eigenvalue weighted by molar-refractivity contribution is -0.137. The number of aliphatic carboxylic acids is 1. The SMILES string of the molecule is CCN(CCC(=O)O)C1CCN(C2CC2)C1. The molecule has 4 heteroatoms. The molecule has 1 aliphatic heterocycles. The van der Waals surface area contributed by atoms with Crippen LogP contribution in [-0.4, -0.2) is 59.1 Å². The van der Waals surface area contributed by atoms with Crippen molar-refractivity contribution >= 4 is 5.97 Å². The normalized spacial score (nSPS) is 26.5. The Balaban J connectivity index is 1.77. The van der Waals surface area contributed by atoms with Crippen molar-refractivity contribution in [2.24, 2.45) is 0 Å². The van der Waals surface area contributed by atoms with Crippen LogP contribution in [0.2, 0.25) is 0 Å². The fourth-order valence-corrected chi connectivity index (χ4v) is 2.68. The third-order valence-corrected chi connectivity index (χ3v) is 3.79. The van der Waals surface area contributed by atoms with E-state index in [-0.39, 0.29) is 6.42 Å². The Labute approximate surface area is 97.2 Å². The van der Waals surface area contributed by atoms with Gasteiger partial charge < -0.3 is 5.11 Å². The summed E-state index contributed by atoms with van der Waals surface area (Å²) in [6.45, 7) is 6.16. The number of carboxylic acids is 1. The summed E-state index contributed by atoms with van der Waals surface area (Å²) in [6.07, 6.45) is 4.22. The van der Waals surface area contributed by atoms with Gasteiger partial charge in [0.05, 0.1) is 6.42 Å². The van der Waals surface area contributed by atoms with E-state index in [2.05, 4.69) is 16.7 Å². The lowest BCUT2D eigenvalue weighted by Gasteiger charge is -2.27. The average Bonchev–Trinajstić information content (AvgIpc) is 2.99. The Morgan fingerprint density at radius 3 is 2.75 bits per heavy atom. The van der Waals surface area contributed by atoms with E-state index in [1.54, 1.807) is 0 Å². The summed E-state index contributed by atoms with van der Waals surface area (Å²) in [4.78, 5) is 15.5. The van der Waals surface area contributed by atoms with Crippen molar-refractivity contribution < 1.29 is 9.90 Å². The number of carbonyl (C=O) groups is 1. The van der Waals surface area contributed by atoms with Gasteiger partial charge in [-0.1, -0.05) is 6.92 Å². The maximum Gasteiger partial charge on any atom is 0.304 e. The molecule has 0 aromatic heterocycles. The molecule has 16 heavy (non-hydrogen) atoms.